The average molecular weight is 1680 g/mol. The lowest BCUT2D eigenvalue weighted by Crippen LogP contribution is -2.19. The minimum atomic E-state index is -1.98. The summed E-state index contributed by atoms with van der Waals surface area (Å²) < 4.78 is 63.3. The molecule has 0 saturated heterocycles. The van der Waals surface area contributed by atoms with E-state index in [0.717, 1.165) is 139 Å². The van der Waals surface area contributed by atoms with Gasteiger partial charge in [0.25, 0.3) is 0 Å². The van der Waals surface area contributed by atoms with E-state index < -0.39 is 25.8 Å². The fourth-order valence-electron chi connectivity index (χ4n) is 16.2. The zero-order valence-electron chi connectivity index (χ0n) is 78.6. The van der Waals surface area contributed by atoms with Gasteiger partial charge in [0, 0.05) is 22.6 Å². The molecule has 0 heterocycles. The summed E-state index contributed by atoms with van der Waals surface area (Å²) in [6.45, 7) is 45.7. The first kappa shape index (κ1) is 102. The zero-order chi connectivity index (χ0) is 85.4. The van der Waals surface area contributed by atoms with Crippen LogP contribution in [0, 0.1) is 20.8 Å². The maximum Gasteiger partial charge on any atom is 0.530 e. The minimum Gasteiger partial charge on any atom is -0.426 e. The Morgan fingerprint density at radius 3 is 0.839 bits per heavy atom. The third kappa shape index (κ3) is 39.4. The van der Waals surface area contributed by atoms with E-state index in [2.05, 4.69) is 241 Å². The number of unbranched alkanes of at least 4 members (excludes halogenated alkanes) is 33. The summed E-state index contributed by atoms with van der Waals surface area (Å²) in [6.07, 6.45) is 51.9. The summed E-state index contributed by atoms with van der Waals surface area (Å²) in [5, 5.41) is 0. The zero-order valence-corrected chi connectivity index (χ0v) is 81.3. The van der Waals surface area contributed by atoms with E-state index in [4.69, 9.17) is 40.7 Å². The Morgan fingerprint density at radius 2 is 0.525 bits per heavy atom. The van der Waals surface area contributed by atoms with Crippen LogP contribution >= 0.6 is 25.8 Å². The monoisotopic (exact) mass is 1680 g/mol. The normalized spacial score (nSPS) is 12.9. The van der Waals surface area contributed by atoms with Crippen molar-refractivity contribution in [3.63, 3.8) is 0 Å². The molecule has 0 saturated carbocycles. The van der Waals surface area contributed by atoms with E-state index in [-0.39, 0.29) is 28.1 Å². The molecule has 6 aromatic rings. The summed E-state index contributed by atoms with van der Waals surface area (Å²) in [5.74, 6) is 4.76. The van der Waals surface area contributed by atoms with Gasteiger partial charge in [-0.25, -0.2) is 0 Å². The van der Waals surface area contributed by atoms with Crippen molar-refractivity contribution >= 4 is 25.8 Å². The Hall–Kier alpha value is -4.71. The largest absolute Gasteiger partial charge is 0.530 e. The van der Waals surface area contributed by atoms with Crippen molar-refractivity contribution in [3.8, 4) is 34.5 Å². The van der Waals surface area contributed by atoms with Crippen LogP contribution in [-0.4, -0.2) is 19.8 Å². The Balaban J connectivity index is 1.48. The smallest absolute Gasteiger partial charge is 0.426 e. The van der Waals surface area contributed by atoms with Crippen molar-refractivity contribution in [1.29, 1.82) is 0 Å². The van der Waals surface area contributed by atoms with Gasteiger partial charge in [-0.2, -0.15) is 0 Å². The predicted octanol–water partition coefficient (Wildman–Crippen LogP) is 35.9. The summed E-state index contributed by atoms with van der Waals surface area (Å²) >= 11 is 0. The number of aryl methyl sites for hydroxylation is 6. The lowest BCUT2D eigenvalue weighted by Gasteiger charge is -2.33. The van der Waals surface area contributed by atoms with Gasteiger partial charge in [0.05, 0.1) is 19.8 Å². The molecular weight excluding hydrogens is 1510 g/mol. The van der Waals surface area contributed by atoms with Crippen LogP contribution in [0.25, 0.3) is 0 Å². The molecule has 6 aromatic carbocycles. The molecule has 0 N–H and O–H groups in total. The van der Waals surface area contributed by atoms with Gasteiger partial charge in [0.15, 0.2) is 0 Å². The van der Waals surface area contributed by atoms with Gasteiger partial charge < -0.3 is 36.2 Å². The molecule has 0 fully saturated rings. The first-order valence-corrected chi connectivity index (χ1v) is 51.3. The average Bonchev–Trinajstić information content (AvgIpc) is 0.761. The molecule has 662 valence electrons. The highest BCUT2D eigenvalue weighted by Gasteiger charge is 2.35. The number of benzene rings is 6. The highest BCUT2D eigenvalue weighted by Crippen LogP contribution is 2.53. The predicted molar refractivity (Wildman–Crippen MR) is 511 cm³/mol. The van der Waals surface area contributed by atoms with E-state index in [1.807, 2.05) is 0 Å². The fourth-order valence-corrected chi connectivity index (χ4v) is 19.2. The standard InChI is InChI=1S/C106H169O9P3/c1-20-26-32-38-44-50-56-71-107-116(108-72-57-51-45-39-33-27-21-2)113-101-76-86(9)95(82-99(101)105(14,15)16)97(96-83-100(106(17,18)19)102(77-87(96)10)114-117(109-73-58-52-46-40-34-28-22-3)110-91-68-59-65-88(78-91)62-53-47-41-35-29-23-4)74-84(7)94-81-98(104(11,12)13)103(75-85(94)8)115-118(111-92-69-60-66-89(79-92)63-54-48-42-36-30-24-5)112-93-70-61-67-90(80-93)64-55-49-43-37-31-25-6/h59-61,65-70,75-84,97H,20-58,62-64,71-74H2,1-19H3. The number of hydrogen-bond acceptors (Lipinski definition) is 9. The van der Waals surface area contributed by atoms with Crippen molar-refractivity contribution in [1.82, 2.24) is 0 Å². The van der Waals surface area contributed by atoms with Gasteiger partial charge in [0.2, 0.25) is 0 Å². The van der Waals surface area contributed by atoms with Gasteiger partial charge in [-0.05, 0) is 212 Å². The van der Waals surface area contributed by atoms with Crippen LogP contribution in [0.2, 0.25) is 0 Å². The lowest BCUT2D eigenvalue weighted by molar-refractivity contribution is 0.197. The van der Waals surface area contributed by atoms with Crippen LogP contribution in [0.3, 0.4) is 0 Å². The molecule has 3 unspecified atom stereocenters. The van der Waals surface area contributed by atoms with E-state index in [0.29, 0.717) is 19.8 Å². The topological polar surface area (TPSA) is 83.1 Å². The van der Waals surface area contributed by atoms with Gasteiger partial charge in [-0.15, -0.1) is 0 Å². The molecule has 0 aliphatic carbocycles. The maximum absolute atomic E-state index is 7.34. The second kappa shape index (κ2) is 57.7. The second-order valence-corrected chi connectivity index (χ2v) is 40.8. The Morgan fingerprint density at radius 1 is 0.271 bits per heavy atom. The van der Waals surface area contributed by atoms with Crippen molar-refractivity contribution in [2.75, 3.05) is 19.8 Å². The SMILES string of the molecule is CCCCCCCCCOP(OCCCCCCCCC)Oc1cc(C)c(C(CC(C)c2cc(C(C)(C)C)c(OP(Oc3cccc(CCCCCCCC)c3)Oc3cccc(CCCCCCCC)c3)cc2C)c2cc(C(C)(C)C)c(OP(OCCCCCCCCC)Oc3cccc(CCCCCCCC)c3)cc2C)cc1C(C)(C)C. The van der Waals surface area contributed by atoms with Gasteiger partial charge in [-0.3, -0.25) is 4.52 Å². The third-order valence-corrected chi connectivity index (χ3v) is 26.7. The maximum atomic E-state index is 7.34. The summed E-state index contributed by atoms with van der Waals surface area (Å²) in [6, 6.07) is 40.3. The molecule has 0 bridgehead atoms. The molecule has 0 aromatic heterocycles. The summed E-state index contributed by atoms with van der Waals surface area (Å²) in [4.78, 5) is 0. The number of hydrogen-bond donors (Lipinski definition) is 0. The quantitative estimate of drug-likeness (QED) is 0.0274. The van der Waals surface area contributed by atoms with Gasteiger partial charge in [-0.1, -0.05) is 377 Å². The van der Waals surface area contributed by atoms with Crippen LogP contribution in [-0.2, 0) is 49.1 Å². The molecule has 9 nitrogen and oxygen atoms in total. The molecular formula is C106H169O9P3. The van der Waals surface area contributed by atoms with Crippen LogP contribution in [0.5, 0.6) is 34.5 Å². The molecule has 12 heteroatoms. The van der Waals surface area contributed by atoms with Crippen LogP contribution in [0.1, 0.15) is 446 Å². The molecule has 6 rings (SSSR count). The molecule has 3 atom stereocenters. The Kier molecular flexibility index (Phi) is 49.9. The van der Waals surface area contributed by atoms with Crippen LogP contribution in [0.15, 0.2) is 109 Å². The fraction of sp³-hybridized carbons (Fsp3) is 0.660. The van der Waals surface area contributed by atoms with Crippen molar-refractivity contribution in [2.45, 2.75) is 436 Å². The molecule has 0 aliphatic heterocycles. The second-order valence-electron chi connectivity index (χ2n) is 37.6. The van der Waals surface area contributed by atoms with E-state index >= 15 is 0 Å². The third-order valence-electron chi connectivity index (χ3n) is 23.4. The highest BCUT2D eigenvalue weighted by molar-refractivity contribution is 7.43. The van der Waals surface area contributed by atoms with Gasteiger partial charge in [0.1, 0.15) is 34.5 Å². The Labute approximate surface area is 728 Å². The minimum absolute atomic E-state index is 0.0682. The summed E-state index contributed by atoms with van der Waals surface area (Å²) in [5.41, 5.74) is 13.6. The summed E-state index contributed by atoms with van der Waals surface area (Å²) in [7, 11) is -5.49. The van der Waals surface area contributed by atoms with E-state index in [1.165, 1.54) is 238 Å². The molecule has 0 radical (unpaired) electrons. The van der Waals surface area contributed by atoms with Crippen molar-refractivity contribution in [3.05, 3.63) is 176 Å². The number of rotatable bonds is 65. The van der Waals surface area contributed by atoms with Crippen LogP contribution < -0.4 is 27.1 Å². The molecule has 118 heavy (non-hydrogen) atoms. The first-order valence-electron chi connectivity index (χ1n) is 48.0. The van der Waals surface area contributed by atoms with Gasteiger partial charge >= 0.3 is 25.8 Å². The molecule has 0 aliphatic rings. The van der Waals surface area contributed by atoms with E-state index in [9.17, 15) is 0 Å². The first-order chi connectivity index (χ1) is 56.9. The molecule has 0 spiro atoms. The van der Waals surface area contributed by atoms with E-state index in [1.54, 1.807) is 0 Å². The van der Waals surface area contributed by atoms with Crippen molar-refractivity contribution < 1.29 is 40.7 Å². The van der Waals surface area contributed by atoms with Crippen LogP contribution in [0.4, 0.5) is 0 Å². The Bertz CT molecular complexity index is 3580. The highest BCUT2D eigenvalue weighted by atomic mass is 31.2. The lowest BCUT2D eigenvalue weighted by atomic mass is 9.74. The van der Waals surface area contributed by atoms with Crippen molar-refractivity contribution in [2.24, 2.45) is 0 Å². The molecule has 0 amide bonds.